The van der Waals surface area contributed by atoms with Crippen molar-refractivity contribution in [1.29, 1.82) is 0 Å². The Labute approximate surface area is 337 Å². The highest BCUT2D eigenvalue weighted by Crippen LogP contribution is 2.65. The first kappa shape index (κ1) is 42.7. The van der Waals surface area contributed by atoms with Crippen LogP contribution in [0.4, 0.5) is 4.79 Å². The molecule has 310 valence electrons. The summed E-state index contributed by atoms with van der Waals surface area (Å²) in [4.78, 5) is 51.1. The zero-order chi connectivity index (χ0) is 40.8. The molecule has 0 aromatic heterocycles. The first-order chi connectivity index (χ1) is 27.3. The summed E-state index contributed by atoms with van der Waals surface area (Å²) < 4.78 is 11.3. The van der Waals surface area contributed by atoms with Gasteiger partial charge in [-0.25, -0.2) is 4.79 Å². The molecule has 1 aromatic carbocycles. The molecule has 6 rings (SSSR count). The Kier molecular flexibility index (Phi) is 13.8. The van der Waals surface area contributed by atoms with Crippen LogP contribution in [0.1, 0.15) is 110 Å². The molecular formula is C47H63NO9. The molecular weight excluding hydrogens is 723 g/mol. The Bertz CT molecular complexity index is 1750. The van der Waals surface area contributed by atoms with Crippen molar-refractivity contribution in [3.8, 4) is 0 Å². The van der Waals surface area contributed by atoms with Gasteiger partial charge in [-0.05, 0) is 113 Å². The molecule has 0 bridgehead atoms. The van der Waals surface area contributed by atoms with Crippen molar-refractivity contribution in [3.05, 3.63) is 83.5 Å². The third-order valence-corrected chi connectivity index (χ3v) is 14.3. The summed E-state index contributed by atoms with van der Waals surface area (Å²) >= 11 is 0. The van der Waals surface area contributed by atoms with Crippen LogP contribution in [0, 0.1) is 34.5 Å². The Morgan fingerprint density at radius 3 is 2.60 bits per heavy atom. The van der Waals surface area contributed by atoms with Crippen LogP contribution < -0.4 is 5.32 Å². The van der Waals surface area contributed by atoms with Crippen LogP contribution >= 0.6 is 0 Å². The molecule has 0 aliphatic heterocycles. The number of unbranched alkanes of at least 4 members (excludes halogenated alkanes) is 1. The lowest BCUT2D eigenvalue weighted by atomic mass is 9.50. The largest absolute Gasteiger partial charge is 0.509 e. The van der Waals surface area contributed by atoms with Crippen molar-refractivity contribution in [1.82, 2.24) is 5.32 Å². The number of aliphatic hydroxyl groups excluding tert-OH is 2. The van der Waals surface area contributed by atoms with Gasteiger partial charge in [-0.3, -0.25) is 14.4 Å². The second-order valence-electron chi connectivity index (χ2n) is 17.6. The quantitative estimate of drug-likeness (QED) is 0.0782. The molecule has 2 unspecified atom stereocenters. The van der Waals surface area contributed by atoms with Crippen molar-refractivity contribution >= 4 is 23.6 Å². The summed E-state index contributed by atoms with van der Waals surface area (Å²) in [6.07, 6.45) is 16.8. The monoisotopic (exact) mass is 785 g/mol. The van der Waals surface area contributed by atoms with Crippen LogP contribution in [0.3, 0.4) is 0 Å². The predicted octanol–water partition coefficient (Wildman–Crippen LogP) is 7.06. The molecule has 10 heteroatoms. The summed E-state index contributed by atoms with van der Waals surface area (Å²) in [6, 6.07) is 9.80. The van der Waals surface area contributed by atoms with Crippen molar-refractivity contribution in [2.24, 2.45) is 34.5 Å². The molecule has 1 aromatic rings. The SMILES string of the molecule is CCNC(=O)CCC/C=C\C[C@@H]1[C@@H](/C=C/[C@H](CCc2ccccc2)OC(=O)OCC(=O)[C@@]2(O)CC[C@H]3[C@@H]4CCC5=CC(=O)CCC5(C)C4=CCC32C)[C@H](O)C[C@@H]1O. The van der Waals surface area contributed by atoms with E-state index in [0.717, 1.165) is 37.7 Å². The van der Waals surface area contributed by atoms with Gasteiger partial charge in [-0.1, -0.05) is 79.6 Å². The summed E-state index contributed by atoms with van der Waals surface area (Å²) in [5, 5.41) is 36.6. The predicted molar refractivity (Wildman–Crippen MR) is 217 cm³/mol. The molecule has 5 aliphatic rings. The minimum Gasteiger partial charge on any atom is -0.427 e. The number of ether oxygens (including phenoxy) is 2. The molecule has 1 amide bonds. The van der Waals surface area contributed by atoms with E-state index in [1.165, 1.54) is 11.1 Å². The second-order valence-corrected chi connectivity index (χ2v) is 17.6. The Hall–Kier alpha value is -3.86. The number of carbonyl (C=O) groups excluding carboxylic acids is 4. The highest BCUT2D eigenvalue weighted by atomic mass is 16.7. The fraction of sp³-hybridized carbons (Fsp3) is 0.617. The Balaban J connectivity index is 1.08. The number of benzene rings is 1. The van der Waals surface area contributed by atoms with Gasteiger partial charge in [0.2, 0.25) is 11.7 Å². The number of amides is 1. The number of hydrogen-bond donors (Lipinski definition) is 4. The molecule has 0 saturated heterocycles. The van der Waals surface area contributed by atoms with Crippen LogP contribution in [0.5, 0.6) is 0 Å². The van der Waals surface area contributed by atoms with Gasteiger partial charge in [0.25, 0.3) is 0 Å². The number of aryl methyl sites for hydroxylation is 1. The van der Waals surface area contributed by atoms with Gasteiger partial charge in [0.1, 0.15) is 11.7 Å². The topological polar surface area (TPSA) is 159 Å². The number of rotatable bonds is 16. The van der Waals surface area contributed by atoms with E-state index in [2.05, 4.69) is 18.3 Å². The highest BCUT2D eigenvalue weighted by Gasteiger charge is 2.64. The van der Waals surface area contributed by atoms with E-state index in [4.69, 9.17) is 9.47 Å². The average Bonchev–Trinajstić information content (AvgIpc) is 3.63. The van der Waals surface area contributed by atoms with Gasteiger partial charge in [0.15, 0.2) is 12.4 Å². The zero-order valence-electron chi connectivity index (χ0n) is 34.0. The molecule has 57 heavy (non-hydrogen) atoms. The fourth-order valence-electron chi connectivity index (χ4n) is 10.9. The number of aliphatic hydroxyl groups is 3. The summed E-state index contributed by atoms with van der Waals surface area (Å²) in [5.41, 5.74) is 1.11. The summed E-state index contributed by atoms with van der Waals surface area (Å²) in [5.74, 6) is -0.570. The minimum atomic E-state index is -1.65. The number of hydrogen-bond acceptors (Lipinski definition) is 9. The fourth-order valence-corrected chi connectivity index (χ4v) is 10.9. The Morgan fingerprint density at radius 2 is 1.82 bits per heavy atom. The molecule has 0 radical (unpaired) electrons. The molecule has 5 aliphatic carbocycles. The van der Waals surface area contributed by atoms with Crippen LogP contribution in [0.25, 0.3) is 0 Å². The number of Topliss-reactive ketones (excluding diaryl/α,β-unsaturated/α-hetero) is 1. The van der Waals surface area contributed by atoms with E-state index >= 15 is 0 Å². The van der Waals surface area contributed by atoms with Gasteiger partial charge in [0, 0.05) is 42.6 Å². The smallest absolute Gasteiger partial charge is 0.427 e. The number of allylic oxidation sites excluding steroid dienone is 6. The highest BCUT2D eigenvalue weighted by molar-refractivity contribution is 5.92. The molecule has 3 fully saturated rings. The lowest BCUT2D eigenvalue weighted by Crippen LogP contribution is -2.55. The first-order valence-electron chi connectivity index (χ1n) is 21.3. The Morgan fingerprint density at radius 1 is 1.04 bits per heavy atom. The molecule has 3 saturated carbocycles. The number of fused-ring (bicyclic) bond motifs is 5. The zero-order valence-corrected chi connectivity index (χ0v) is 34.0. The minimum absolute atomic E-state index is 0.0323. The van der Waals surface area contributed by atoms with E-state index in [1.807, 2.05) is 68.5 Å². The van der Waals surface area contributed by atoms with Crippen LogP contribution in [-0.4, -0.2) is 76.0 Å². The van der Waals surface area contributed by atoms with Crippen molar-refractivity contribution in [2.45, 2.75) is 135 Å². The molecule has 10 nitrogen and oxygen atoms in total. The standard InChI is InChI=1S/C47H63NO9/c1-4-48-43(53)15-11-6-5-10-14-35-36(41(51)29-40(35)50)21-19-34(18-16-31-12-8-7-9-13-31)57-44(54)56-30-42(52)47(55)27-24-39-37-20-17-32-28-33(49)22-25-45(32,2)38(37)23-26-46(39,47)3/h5,7-10,12-13,19,21,23,28,34-37,39-41,50-51,55H,4,6,11,14-18,20,22,24-27,29-30H2,1-3H3,(H,48,53)/b10-5-,21-19+/t34-,35+,36+,37+,39-,40-,41+,45?,46?,47-/m0/s1. The summed E-state index contributed by atoms with van der Waals surface area (Å²) in [6.45, 7) is 6.15. The van der Waals surface area contributed by atoms with Crippen LogP contribution in [0.2, 0.25) is 0 Å². The molecule has 10 atom stereocenters. The average molecular weight is 786 g/mol. The van der Waals surface area contributed by atoms with E-state index in [0.29, 0.717) is 57.9 Å². The van der Waals surface area contributed by atoms with Crippen molar-refractivity contribution < 1.29 is 44.0 Å². The lowest BCUT2D eigenvalue weighted by molar-refractivity contribution is -0.156. The molecule has 0 spiro atoms. The van der Waals surface area contributed by atoms with Crippen molar-refractivity contribution in [3.63, 3.8) is 0 Å². The second kappa shape index (κ2) is 18.4. The number of nitrogens with one attached hydrogen (secondary N) is 1. The third-order valence-electron chi connectivity index (χ3n) is 14.3. The van der Waals surface area contributed by atoms with Gasteiger partial charge >= 0.3 is 6.16 Å². The maximum Gasteiger partial charge on any atom is 0.509 e. The van der Waals surface area contributed by atoms with Gasteiger partial charge < -0.3 is 30.1 Å². The first-order valence-corrected chi connectivity index (χ1v) is 21.3. The normalized spacial score (nSPS) is 33.9. The maximum atomic E-state index is 13.9. The van der Waals surface area contributed by atoms with Crippen LogP contribution in [0.15, 0.2) is 77.9 Å². The third kappa shape index (κ3) is 9.23. The van der Waals surface area contributed by atoms with E-state index in [9.17, 15) is 34.5 Å². The van der Waals surface area contributed by atoms with Crippen molar-refractivity contribution in [2.75, 3.05) is 13.2 Å². The maximum absolute atomic E-state index is 13.9. The molecule has 0 heterocycles. The summed E-state index contributed by atoms with van der Waals surface area (Å²) in [7, 11) is 0. The van der Waals surface area contributed by atoms with E-state index in [1.54, 1.807) is 6.08 Å². The van der Waals surface area contributed by atoms with Gasteiger partial charge in [-0.15, -0.1) is 0 Å². The van der Waals surface area contributed by atoms with Gasteiger partial charge in [0.05, 0.1) is 12.2 Å². The molecule has 4 N–H and O–H groups in total. The number of ketones is 2. The van der Waals surface area contributed by atoms with Crippen LogP contribution in [-0.2, 0) is 30.3 Å². The van der Waals surface area contributed by atoms with E-state index < -0.39 is 47.9 Å². The number of carbonyl (C=O) groups is 4. The lowest BCUT2D eigenvalue weighted by Gasteiger charge is -2.54. The van der Waals surface area contributed by atoms with E-state index in [-0.39, 0.29) is 47.2 Å². The van der Waals surface area contributed by atoms with Gasteiger partial charge in [-0.2, -0.15) is 0 Å².